The third-order valence-electron chi connectivity index (χ3n) is 3.98. The maximum atomic E-state index is 11.0. The Labute approximate surface area is 110 Å². The fraction of sp³-hybridized carbons (Fsp3) is 0.800. The molecule has 0 amide bonds. The number of aryl methyl sites for hydroxylation is 1. The van der Waals surface area contributed by atoms with Gasteiger partial charge in [-0.2, -0.15) is 5.10 Å². The third-order valence-corrected chi connectivity index (χ3v) is 3.98. The molecule has 0 aromatic carbocycles. The molecule has 0 bridgehead atoms. The maximum absolute atomic E-state index is 11.0. The van der Waals surface area contributed by atoms with E-state index in [4.69, 9.17) is 0 Å². The number of aromatic nitrogens is 2. The summed E-state index contributed by atoms with van der Waals surface area (Å²) in [6.45, 7) is 9.81. The van der Waals surface area contributed by atoms with Gasteiger partial charge in [0.05, 0.1) is 11.8 Å². The molecule has 1 aliphatic carbocycles. The molecule has 1 fully saturated rings. The van der Waals surface area contributed by atoms with Gasteiger partial charge in [-0.25, -0.2) is 0 Å². The third kappa shape index (κ3) is 2.77. The number of nitrogens with zero attached hydrogens (tertiary/aromatic N) is 2. The van der Waals surface area contributed by atoms with E-state index in [2.05, 4.69) is 32.8 Å². The summed E-state index contributed by atoms with van der Waals surface area (Å²) < 4.78 is 1.94. The molecule has 0 saturated heterocycles. The summed E-state index contributed by atoms with van der Waals surface area (Å²) in [6.07, 6.45) is 7.83. The zero-order chi connectivity index (χ0) is 13.4. The molecule has 2 unspecified atom stereocenters. The summed E-state index contributed by atoms with van der Waals surface area (Å²) in [7, 11) is 0. The Kier molecular flexibility index (Phi) is 3.54. The Hall–Kier alpha value is -0.830. The van der Waals surface area contributed by atoms with Crippen LogP contribution < -0.4 is 0 Å². The summed E-state index contributed by atoms with van der Waals surface area (Å²) in [5.41, 5.74) is 0.516. The smallest absolute Gasteiger partial charge is 0.0934 e. The zero-order valence-corrected chi connectivity index (χ0v) is 12.1. The first-order valence-electron chi connectivity index (χ1n) is 7.10. The normalized spacial score (nSPS) is 31.5. The van der Waals surface area contributed by atoms with Gasteiger partial charge < -0.3 is 5.11 Å². The van der Waals surface area contributed by atoms with E-state index >= 15 is 0 Å². The molecule has 0 aliphatic heterocycles. The lowest BCUT2D eigenvalue weighted by Gasteiger charge is -2.44. The fourth-order valence-corrected chi connectivity index (χ4v) is 3.70. The van der Waals surface area contributed by atoms with Crippen molar-refractivity contribution < 1.29 is 5.11 Å². The predicted octanol–water partition coefficient (Wildman–Crippen LogP) is 3.33. The second-order valence-corrected chi connectivity index (χ2v) is 6.88. The number of hydrogen-bond acceptors (Lipinski definition) is 2. The molecule has 1 aliphatic rings. The van der Waals surface area contributed by atoms with Crippen molar-refractivity contribution in [2.75, 3.05) is 0 Å². The van der Waals surface area contributed by atoms with Gasteiger partial charge in [0.15, 0.2) is 0 Å². The van der Waals surface area contributed by atoms with Crippen molar-refractivity contribution in [3.05, 3.63) is 18.0 Å². The lowest BCUT2D eigenvalue weighted by atomic mass is 9.64. The van der Waals surface area contributed by atoms with Gasteiger partial charge in [0, 0.05) is 18.3 Å². The summed E-state index contributed by atoms with van der Waals surface area (Å²) in [5.74, 6) is 0.563. The lowest BCUT2D eigenvalue weighted by Crippen LogP contribution is -2.39. The summed E-state index contributed by atoms with van der Waals surface area (Å²) >= 11 is 0. The molecule has 1 saturated carbocycles. The molecule has 2 rings (SSSR count). The monoisotopic (exact) mass is 250 g/mol. The fourth-order valence-electron chi connectivity index (χ4n) is 3.70. The molecule has 102 valence electrons. The topological polar surface area (TPSA) is 38.0 Å². The molecule has 1 N–H and O–H groups in total. The van der Waals surface area contributed by atoms with Crippen LogP contribution in [0.2, 0.25) is 0 Å². The van der Waals surface area contributed by atoms with E-state index in [-0.39, 0.29) is 5.41 Å². The molecule has 1 heterocycles. The number of rotatable bonds is 3. The van der Waals surface area contributed by atoms with Gasteiger partial charge in [0.1, 0.15) is 0 Å². The van der Waals surface area contributed by atoms with Gasteiger partial charge in [0.25, 0.3) is 0 Å². The van der Waals surface area contributed by atoms with Crippen molar-refractivity contribution in [1.82, 2.24) is 9.78 Å². The molecule has 1 aromatic heterocycles. The molecule has 2 atom stereocenters. The van der Waals surface area contributed by atoms with E-state index in [9.17, 15) is 5.11 Å². The summed E-state index contributed by atoms with van der Waals surface area (Å²) in [4.78, 5) is 0. The Bertz CT molecular complexity index is 410. The SMILES string of the molecule is CCCn1cc(C2(O)CC(C)CC(C)(C)C2)cn1. The van der Waals surface area contributed by atoms with Crippen LogP contribution in [0.4, 0.5) is 0 Å². The van der Waals surface area contributed by atoms with Crippen LogP contribution in [0.25, 0.3) is 0 Å². The summed E-state index contributed by atoms with van der Waals surface area (Å²) in [5, 5.41) is 15.3. The minimum absolute atomic E-state index is 0.208. The van der Waals surface area contributed by atoms with Crippen LogP contribution in [0.3, 0.4) is 0 Å². The van der Waals surface area contributed by atoms with Crippen LogP contribution in [-0.4, -0.2) is 14.9 Å². The van der Waals surface area contributed by atoms with Crippen molar-refractivity contribution in [2.45, 2.75) is 65.5 Å². The molecule has 3 heteroatoms. The van der Waals surface area contributed by atoms with Crippen molar-refractivity contribution in [2.24, 2.45) is 11.3 Å². The minimum atomic E-state index is -0.687. The molecule has 18 heavy (non-hydrogen) atoms. The first-order valence-corrected chi connectivity index (χ1v) is 7.10. The second-order valence-electron chi connectivity index (χ2n) is 6.88. The quantitative estimate of drug-likeness (QED) is 0.893. The van der Waals surface area contributed by atoms with Gasteiger partial charge in [-0.3, -0.25) is 4.68 Å². The highest BCUT2D eigenvalue weighted by molar-refractivity contribution is 5.17. The average molecular weight is 250 g/mol. The van der Waals surface area contributed by atoms with E-state index in [1.165, 1.54) is 6.42 Å². The minimum Gasteiger partial charge on any atom is -0.385 e. The van der Waals surface area contributed by atoms with Gasteiger partial charge in [-0.15, -0.1) is 0 Å². The van der Waals surface area contributed by atoms with E-state index in [1.807, 2.05) is 17.1 Å². The molecule has 3 nitrogen and oxygen atoms in total. The summed E-state index contributed by atoms with van der Waals surface area (Å²) in [6, 6.07) is 0. The highest BCUT2D eigenvalue weighted by Gasteiger charge is 2.43. The second kappa shape index (κ2) is 4.69. The molecular weight excluding hydrogens is 224 g/mol. The maximum Gasteiger partial charge on any atom is 0.0934 e. The molecule has 0 radical (unpaired) electrons. The van der Waals surface area contributed by atoms with E-state index < -0.39 is 5.60 Å². The van der Waals surface area contributed by atoms with Crippen LogP contribution in [0.1, 0.15) is 58.9 Å². The van der Waals surface area contributed by atoms with E-state index in [0.29, 0.717) is 5.92 Å². The molecule has 0 spiro atoms. The standard InChI is InChI=1S/C15H26N2O/c1-5-6-17-10-13(9-16-17)15(18)8-12(2)7-14(3,4)11-15/h9-10,12,18H,5-8,11H2,1-4H3. The lowest BCUT2D eigenvalue weighted by molar-refractivity contribution is -0.0635. The Morgan fingerprint density at radius 2 is 2.17 bits per heavy atom. The average Bonchev–Trinajstić information content (AvgIpc) is 2.63. The van der Waals surface area contributed by atoms with Crippen molar-refractivity contribution in [1.29, 1.82) is 0 Å². The Morgan fingerprint density at radius 1 is 1.44 bits per heavy atom. The molecule has 1 aromatic rings. The van der Waals surface area contributed by atoms with Crippen LogP contribution in [0.5, 0.6) is 0 Å². The van der Waals surface area contributed by atoms with Gasteiger partial charge >= 0.3 is 0 Å². The van der Waals surface area contributed by atoms with Gasteiger partial charge in [-0.1, -0.05) is 27.7 Å². The van der Waals surface area contributed by atoms with Gasteiger partial charge in [-0.05, 0) is 37.0 Å². The van der Waals surface area contributed by atoms with Crippen LogP contribution in [0.15, 0.2) is 12.4 Å². The zero-order valence-electron chi connectivity index (χ0n) is 12.1. The van der Waals surface area contributed by atoms with Crippen LogP contribution in [-0.2, 0) is 12.1 Å². The predicted molar refractivity (Wildman–Crippen MR) is 73.2 cm³/mol. The Morgan fingerprint density at radius 3 is 2.78 bits per heavy atom. The first-order chi connectivity index (χ1) is 8.35. The number of aliphatic hydroxyl groups is 1. The Balaban J connectivity index is 2.23. The van der Waals surface area contributed by atoms with E-state index in [0.717, 1.165) is 31.4 Å². The van der Waals surface area contributed by atoms with Crippen molar-refractivity contribution >= 4 is 0 Å². The highest BCUT2D eigenvalue weighted by Crippen LogP contribution is 2.48. The number of hydrogen-bond donors (Lipinski definition) is 1. The van der Waals surface area contributed by atoms with Crippen LogP contribution >= 0.6 is 0 Å². The van der Waals surface area contributed by atoms with Crippen LogP contribution in [0, 0.1) is 11.3 Å². The highest BCUT2D eigenvalue weighted by atomic mass is 16.3. The van der Waals surface area contributed by atoms with Crippen molar-refractivity contribution in [3.63, 3.8) is 0 Å². The first kappa shape index (κ1) is 13.6. The molecular formula is C15H26N2O. The largest absolute Gasteiger partial charge is 0.385 e. The van der Waals surface area contributed by atoms with Gasteiger partial charge in [0.2, 0.25) is 0 Å². The van der Waals surface area contributed by atoms with E-state index in [1.54, 1.807) is 0 Å². The van der Waals surface area contributed by atoms with Crippen molar-refractivity contribution in [3.8, 4) is 0 Å².